The van der Waals surface area contributed by atoms with Gasteiger partial charge in [-0.25, -0.2) is 14.4 Å². The molecule has 2 rings (SSSR count). The monoisotopic (exact) mass is 254 g/mol. The van der Waals surface area contributed by atoms with Gasteiger partial charge in [0, 0.05) is 10.8 Å². The van der Waals surface area contributed by atoms with E-state index in [0.29, 0.717) is 16.5 Å². The van der Waals surface area contributed by atoms with Gasteiger partial charge in [-0.15, -0.1) is 0 Å². The molecule has 0 aliphatic rings. The molecule has 0 amide bonds. The Balaban J connectivity index is 2.88. The SMILES string of the molecule is O=C=Nc1ccc2c(N=C=O)ccc(C(=O)O)c2c1. The minimum Gasteiger partial charge on any atom is -0.478 e. The van der Waals surface area contributed by atoms with Crippen LogP contribution in [0.2, 0.25) is 0 Å². The first kappa shape index (κ1) is 12.4. The Morgan fingerprint density at radius 2 is 1.74 bits per heavy atom. The Morgan fingerprint density at radius 1 is 1.00 bits per heavy atom. The van der Waals surface area contributed by atoms with Crippen LogP contribution in [0.25, 0.3) is 10.8 Å². The van der Waals surface area contributed by atoms with Crippen molar-refractivity contribution < 1.29 is 19.5 Å². The van der Waals surface area contributed by atoms with E-state index >= 15 is 0 Å². The van der Waals surface area contributed by atoms with E-state index in [9.17, 15) is 14.4 Å². The lowest BCUT2D eigenvalue weighted by Crippen LogP contribution is -1.97. The first-order valence-electron chi connectivity index (χ1n) is 5.13. The number of carbonyl (C=O) groups is 1. The van der Waals surface area contributed by atoms with Crippen LogP contribution in [0, 0.1) is 0 Å². The standard InChI is InChI=1S/C13H6N2O4/c16-6-14-8-1-2-9-11(5-8)10(13(18)19)3-4-12(9)15-7-17/h1-5H,(H,18,19). The van der Waals surface area contributed by atoms with Crippen molar-refractivity contribution in [3.8, 4) is 0 Å². The van der Waals surface area contributed by atoms with Crippen LogP contribution in [-0.2, 0) is 9.59 Å². The second-order valence-electron chi connectivity index (χ2n) is 3.57. The van der Waals surface area contributed by atoms with E-state index in [2.05, 4.69) is 9.98 Å². The summed E-state index contributed by atoms with van der Waals surface area (Å²) in [6.45, 7) is 0. The summed E-state index contributed by atoms with van der Waals surface area (Å²) < 4.78 is 0. The van der Waals surface area contributed by atoms with Gasteiger partial charge in [0.15, 0.2) is 0 Å². The predicted molar refractivity (Wildman–Crippen MR) is 66.5 cm³/mol. The van der Waals surface area contributed by atoms with Crippen molar-refractivity contribution in [2.24, 2.45) is 9.98 Å². The number of benzene rings is 2. The second-order valence-corrected chi connectivity index (χ2v) is 3.57. The maximum Gasteiger partial charge on any atom is 0.336 e. The van der Waals surface area contributed by atoms with Crippen molar-refractivity contribution in [3.05, 3.63) is 35.9 Å². The first-order valence-corrected chi connectivity index (χ1v) is 5.13. The Morgan fingerprint density at radius 3 is 2.37 bits per heavy atom. The lowest BCUT2D eigenvalue weighted by Gasteiger charge is -2.05. The number of carboxylic acids is 1. The van der Waals surface area contributed by atoms with Gasteiger partial charge in [0.2, 0.25) is 12.2 Å². The van der Waals surface area contributed by atoms with Crippen LogP contribution in [0.4, 0.5) is 11.4 Å². The molecule has 0 unspecified atom stereocenters. The highest BCUT2D eigenvalue weighted by atomic mass is 16.4. The van der Waals surface area contributed by atoms with Crippen molar-refractivity contribution in [3.63, 3.8) is 0 Å². The van der Waals surface area contributed by atoms with E-state index in [1.165, 1.54) is 42.5 Å². The summed E-state index contributed by atoms with van der Waals surface area (Å²) in [5, 5.41) is 9.91. The maximum atomic E-state index is 11.1. The molecular weight excluding hydrogens is 248 g/mol. The van der Waals surface area contributed by atoms with Crippen molar-refractivity contribution in [1.82, 2.24) is 0 Å². The molecule has 0 bridgehead atoms. The van der Waals surface area contributed by atoms with Crippen LogP contribution >= 0.6 is 0 Å². The molecule has 0 heterocycles. The van der Waals surface area contributed by atoms with E-state index in [0.717, 1.165) is 0 Å². The molecule has 92 valence electrons. The van der Waals surface area contributed by atoms with Crippen LogP contribution in [0.15, 0.2) is 40.3 Å². The summed E-state index contributed by atoms with van der Waals surface area (Å²) in [7, 11) is 0. The summed E-state index contributed by atoms with van der Waals surface area (Å²) in [5.41, 5.74) is 0.608. The van der Waals surface area contributed by atoms with Crippen molar-refractivity contribution in [2.75, 3.05) is 0 Å². The Labute approximate surface area is 106 Å². The van der Waals surface area contributed by atoms with Gasteiger partial charge in [0.05, 0.1) is 16.9 Å². The maximum absolute atomic E-state index is 11.1. The van der Waals surface area contributed by atoms with Gasteiger partial charge in [0.1, 0.15) is 0 Å². The smallest absolute Gasteiger partial charge is 0.336 e. The molecule has 0 saturated heterocycles. The number of aromatic carboxylic acids is 1. The van der Waals surface area contributed by atoms with E-state index in [1.807, 2.05) is 0 Å². The third-order valence-corrected chi connectivity index (χ3v) is 2.55. The Hall–Kier alpha value is -3.07. The number of nitrogens with zero attached hydrogens (tertiary/aromatic N) is 2. The largest absolute Gasteiger partial charge is 0.478 e. The van der Waals surface area contributed by atoms with Gasteiger partial charge in [0.25, 0.3) is 0 Å². The molecule has 0 spiro atoms. The third kappa shape index (κ3) is 2.30. The molecule has 6 heteroatoms. The van der Waals surface area contributed by atoms with Gasteiger partial charge in [-0.3, -0.25) is 0 Å². The summed E-state index contributed by atoms with van der Waals surface area (Å²) in [6.07, 6.45) is 2.79. The van der Waals surface area contributed by atoms with E-state index in [-0.39, 0.29) is 11.3 Å². The predicted octanol–water partition coefficient (Wildman–Crippen LogP) is 2.47. The fraction of sp³-hybridized carbons (Fsp3) is 0. The summed E-state index contributed by atoms with van der Waals surface area (Å²) in [4.78, 5) is 38.6. The molecule has 19 heavy (non-hydrogen) atoms. The number of rotatable bonds is 3. The van der Waals surface area contributed by atoms with Crippen molar-refractivity contribution >= 4 is 40.3 Å². The second kappa shape index (κ2) is 5.06. The minimum atomic E-state index is -1.13. The fourth-order valence-corrected chi connectivity index (χ4v) is 1.78. The zero-order valence-electron chi connectivity index (χ0n) is 9.45. The molecule has 0 saturated carbocycles. The van der Waals surface area contributed by atoms with Crippen molar-refractivity contribution in [1.29, 1.82) is 0 Å². The number of hydrogen-bond donors (Lipinski definition) is 1. The van der Waals surface area contributed by atoms with Crippen LogP contribution in [-0.4, -0.2) is 23.2 Å². The number of carboxylic acid groups (broad SMARTS) is 1. The molecule has 2 aromatic rings. The Bertz CT molecular complexity index is 770. The van der Waals surface area contributed by atoms with Gasteiger partial charge in [-0.05, 0) is 30.3 Å². The summed E-state index contributed by atoms with van der Waals surface area (Å²) in [6, 6.07) is 7.21. The highest BCUT2D eigenvalue weighted by Gasteiger charge is 2.11. The third-order valence-electron chi connectivity index (χ3n) is 2.55. The van der Waals surface area contributed by atoms with Gasteiger partial charge in [-0.1, -0.05) is 0 Å². The quantitative estimate of drug-likeness (QED) is 0.672. The van der Waals surface area contributed by atoms with Crippen LogP contribution in [0.3, 0.4) is 0 Å². The number of isocyanates is 2. The minimum absolute atomic E-state index is 0.0304. The molecule has 0 fully saturated rings. The zero-order chi connectivity index (χ0) is 13.8. The molecular formula is C13H6N2O4. The van der Waals surface area contributed by atoms with Crippen molar-refractivity contribution in [2.45, 2.75) is 0 Å². The molecule has 2 aromatic carbocycles. The first-order chi connectivity index (χ1) is 9.17. The molecule has 0 aromatic heterocycles. The number of aliphatic imine (C=N–C) groups is 2. The molecule has 6 nitrogen and oxygen atoms in total. The summed E-state index contributed by atoms with van der Waals surface area (Å²) >= 11 is 0. The lowest BCUT2D eigenvalue weighted by atomic mass is 10.0. The molecule has 0 aliphatic heterocycles. The van der Waals surface area contributed by atoms with Crippen LogP contribution < -0.4 is 0 Å². The van der Waals surface area contributed by atoms with E-state index < -0.39 is 5.97 Å². The van der Waals surface area contributed by atoms with E-state index in [4.69, 9.17) is 5.11 Å². The van der Waals surface area contributed by atoms with Gasteiger partial charge >= 0.3 is 5.97 Å². The average molecular weight is 254 g/mol. The summed E-state index contributed by atoms with van der Waals surface area (Å²) in [5.74, 6) is -1.13. The topological polar surface area (TPSA) is 96.2 Å². The lowest BCUT2D eigenvalue weighted by molar-refractivity contribution is 0.0699. The van der Waals surface area contributed by atoms with Gasteiger partial charge < -0.3 is 5.11 Å². The highest BCUT2D eigenvalue weighted by Crippen LogP contribution is 2.31. The fourth-order valence-electron chi connectivity index (χ4n) is 1.78. The number of carbonyl (C=O) groups excluding carboxylic acids is 2. The van der Waals surface area contributed by atoms with Gasteiger partial charge in [-0.2, -0.15) is 9.98 Å². The Kier molecular flexibility index (Phi) is 3.30. The van der Waals surface area contributed by atoms with E-state index in [1.54, 1.807) is 0 Å². The molecule has 0 radical (unpaired) electrons. The highest BCUT2D eigenvalue weighted by molar-refractivity contribution is 6.08. The number of fused-ring (bicyclic) bond motifs is 1. The molecule has 0 atom stereocenters. The molecule has 1 N–H and O–H groups in total. The van der Waals surface area contributed by atoms with Crippen LogP contribution in [0.1, 0.15) is 10.4 Å². The van der Waals surface area contributed by atoms with Crippen LogP contribution in [0.5, 0.6) is 0 Å². The normalized spacial score (nSPS) is 9.47. The zero-order valence-corrected chi connectivity index (χ0v) is 9.45. The number of hydrogen-bond acceptors (Lipinski definition) is 5. The average Bonchev–Trinajstić information content (AvgIpc) is 2.39. The molecule has 0 aliphatic carbocycles.